The molecule has 3 saturated heterocycles. The van der Waals surface area contributed by atoms with Crippen LogP contribution in [0.25, 0.3) is 0 Å². The second kappa shape index (κ2) is 8.48. The normalized spacial score (nSPS) is 26.3. The van der Waals surface area contributed by atoms with Crippen molar-refractivity contribution in [2.75, 3.05) is 50.7 Å². The molecule has 32 heavy (non-hydrogen) atoms. The van der Waals surface area contributed by atoms with E-state index in [1.807, 2.05) is 12.1 Å². The number of piperidine rings is 2. The third-order valence-corrected chi connectivity index (χ3v) is 7.66. The van der Waals surface area contributed by atoms with Crippen LogP contribution >= 0.6 is 0 Å². The Morgan fingerprint density at radius 3 is 2.53 bits per heavy atom. The van der Waals surface area contributed by atoms with Gasteiger partial charge in [0.2, 0.25) is 11.8 Å². The number of carbonyl (C=O) groups is 3. The summed E-state index contributed by atoms with van der Waals surface area (Å²) in [5.74, 6) is -0.725. The molecule has 4 aliphatic rings. The standard InChI is InChI=1S/C24H33N5O3/c1-24(16-27-12-8-25-9-13-27)6-10-28(11-7-24)18-2-3-19-17(14-18)15-29(23(19)32)20-4-5-21(30)26-22(20)31/h2-3,14,20,25H,4-13,15-16H2,1H3,(H,26,30,31). The van der Waals surface area contributed by atoms with E-state index in [-0.39, 0.29) is 24.1 Å². The maximum absolute atomic E-state index is 12.9. The highest BCUT2D eigenvalue weighted by molar-refractivity contribution is 6.05. The van der Waals surface area contributed by atoms with E-state index in [0.717, 1.165) is 63.4 Å². The smallest absolute Gasteiger partial charge is 0.255 e. The first kappa shape index (κ1) is 21.4. The van der Waals surface area contributed by atoms with Gasteiger partial charge in [0.25, 0.3) is 5.91 Å². The number of piperazine rings is 1. The summed E-state index contributed by atoms with van der Waals surface area (Å²) in [6.45, 7) is 10.5. The molecule has 8 heteroatoms. The van der Waals surface area contributed by atoms with E-state index < -0.39 is 6.04 Å². The molecule has 1 unspecified atom stereocenters. The maximum Gasteiger partial charge on any atom is 0.255 e. The highest BCUT2D eigenvalue weighted by Crippen LogP contribution is 2.36. The number of anilines is 1. The molecule has 5 rings (SSSR count). The number of carbonyl (C=O) groups excluding carboxylic acids is 3. The third kappa shape index (κ3) is 4.13. The first-order chi connectivity index (χ1) is 15.4. The average molecular weight is 440 g/mol. The summed E-state index contributed by atoms with van der Waals surface area (Å²) in [6, 6.07) is 5.52. The molecule has 1 atom stereocenters. The number of fused-ring (bicyclic) bond motifs is 1. The molecule has 172 valence electrons. The van der Waals surface area contributed by atoms with Gasteiger partial charge in [-0.15, -0.1) is 0 Å². The van der Waals surface area contributed by atoms with Gasteiger partial charge in [0.1, 0.15) is 6.04 Å². The summed E-state index contributed by atoms with van der Waals surface area (Å²) in [4.78, 5) is 43.3. The first-order valence-corrected chi connectivity index (χ1v) is 11.9. The minimum absolute atomic E-state index is 0.108. The zero-order chi connectivity index (χ0) is 22.3. The highest BCUT2D eigenvalue weighted by Gasteiger charge is 2.39. The number of hydrogen-bond acceptors (Lipinski definition) is 6. The molecule has 3 amide bonds. The Morgan fingerprint density at radius 2 is 1.81 bits per heavy atom. The van der Waals surface area contributed by atoms with Crippen LogP contribution in [-0.2, 0) is 16.1 Å². The Hall–Kier alpha value is -2.45. The Bertz CT molecular complexity index is 918. The van der Waals surface area contributed by atoms with Crippen molar-refractivity contribution < 1.29 is 14.4 Å². The Balaban J connectivity index is 1.23. The first-order valence-electron chi connectivity index (χ1n) is 11.9. The molecule has 8 nitrogen and oxygen atoms in total. The monoisotopic (exact) mass is 439 g/mol. The van der Waals surface area contributed by atoms with Gasteiger partial charge in [0, 0.05) is 70.0 Å². The molecule has 1 aromatic rings. The molecule has 0 saturated carbocycles. The van der Waals surface area contributed by atoms with E-state index in [1.165, 1.54) is 6.54 Å². The fourth-order valence-electron chi connectivity index (χ4n) is 5.63. The molecule has 3 fully saturated rings. The van der Waals surface area contributed by atoms with E-state index in [2.05, 4.69) is 33.4 Å². The van der Waals surface area contributed by atoms with E-state index in [1.54, 1.807) is 4.90 Å². The fourth-order valence-corrected chi connectivity index (χ4v) is 5.63. The molecule has 0 aliphatic carbocycles. The fraction of sp³-hybridized carbons (Fsp3) is 0.625. The minimum atomic E-state index is -0.559. The van der Waals surface area contributed by atoms with Gasteiger partial charge in [-0.25, -0.2) is 0 Å². The predicted octanol–water partition coefficient (Wildman–Crippen LogP) is 0.959. The van der Waals surface area contributed by atoms with Crippen molar-refractivity contribution in [2.45, 2.75) is 45.2 Å². The van der Waals surface area contributed by atoms with Crippen LogP contribution in [0.3, 0.4) is 0 Å². The van der Waals surface area contributed by atoms with Crippen LogP contribution in [0.15, 0.2) is 18.2 Å². The van der Waals surface area contributed by atoms with Gasteiger partial charge >= 0.3 is 0 Å². The van der Waals surface area contributed by atoms with Gasteiger partial charge in [-0.05, 0) is 48.4 Å². The number of rotatable bonds is 4. The van der Waals surface area contributed by atoms with E-state index in [0.29, 0.717) is 23.9 Å². The Kier molecular flexibility index (Phi) is 5.67. The zero-order valence-electron chi connectivity index (χ0n) is 18.9. The second-order valence-electron chi connectivity index (χ2n) is 10.1. The van der Waals surface area contributed by atoms with Crippen LogP contribution in [0.2, 0.25) is 0 Å². The van der Waals surface area contributed by atoms with Crippen molar-refractivity contribution >= 4 is 23.4 Å². The molecule has 1 aromatic carbocycles. The molecular weight excluding hydrogens is 406 g/mol. The minimum Gasteiger partial charge on any atom is -0.371 e. The molecule has 2 N–H and O–H groups in total. The lowest BCUT2D eigenvalue weighted by Crippen LogP contribution is -2.52. The van der Waals surface area contributed by atoms with Crippen LogP contribution in [0.1, 0.15) is 48.5 Å². The van der Waals surface area contributed by atoms with Crippen molar-refractivity contribution in [2.24, 2.45) is 5.41 Å². The van der Waals surface area contributed by atoms with Crippen molar-refractivity contribution in [3.63, 3.8) is 0 Å². The van der Waals surface area contributed by atoms with Gasteiger partial charge in [0.15, 0.2) is 0 Å². The van der Waals surface area contributed by atoms with Crippen molar-refractivity contribution in [1.82, 2.24) is 20.4 Å². The predicted molar refractivity (Wildman–Crippen MR) is 121 cm³/mol. The Morgan fingerprint density at radius 1 is 1.06 bits per heavy atom. The summed E-state index contributed by atoms with van der Waals surface area (Å²) < 4.78 is 0. The van der Waals surface area contributed by atoms with Gasteiger partial charge in [-0.1, -0.05) is 6.92 Å². The van der Waals surface area contributed by atoms with Crippen LogP contribution < -0.4 is 15.5 Å². The van der Waals surface area contributed by atoms with Crippen LogP contribution in [-0.4, -0.2) is 79.4 Å². The van der Waals surface area contributed by atoms with Crippen LogP contribution in [0.5, 0.6) is 0 Å². The van der Waals surface area contributed by atoms with Crippen molar-refractivity contribution in [1.29, 1.82) is 0 Å². The molecule has 0 spiro atoms. The molecule has 4 aliphatic heterocycles. The lowest BCUT2D eigenvalue weighted by atomic mass is 9.79. The molecule has 0 radical (unpaired) electrons. The van der Waals surface area contributed by atoms with Crippen molar-refractivity contribution in [3.8, 4) is 0 Å². The zero-order valence-corrected chi connectivity index (χ0v) is 18.9. The maximum atomic E-state index is 12.9. The second-order valence-corrected chi connectivity index (χ2v) is 10.1. The number of nitrogens with zero attached hydrogens (tertiary/aromatic N) is 3. The number of hydrogen-bond donors (Lipinski definition) is 2. The highest BCUT2D eigenvalue weighted by atomic mass is 16.2. The number of benzene rings is 1. The summed E-state index contributed by atoms with van der Waals surface area (Å²) in [5, 5.41) is 5.80. The van der Waals surface area contributed by atoms with Gasteiger partial charge in [-0.3, -0.25) is 19.7 Å². The van der Waals surface area contributed by atoms with Gasteiger partial charge in [0.05, 0.1) is 0 Å². The number of amides is 3. The average Bonchev–Trinajstić information content (AvgIpc) is 3.10. The SMILES string of the molecule is CC1(CN2CCNCC2)CCN(c2ccc3c(c2)CN(C2CCC(=O)NC2=O)C3=O)CC1. The summed E-state index contributed by atoms with van der Waals surface area (Å²) in [6.07, 6.45) is 3.00. The van der Waals surface area contributed by atoms with Crippen LogP contribution in [0, 0.1) is 5.41 Å². The van der Waals surface area contributed by atoms with Gasteiger partial charge in [-0.2, -0.15) is 0 Å². The lowest BCUT2D eigenvalue weighted by molar-refractivity contribution is -0.136. The largest absolute Gasteiger partial charge is 0.371 e. The lowest BCUT2D eigenvalue weighted by Gasteiger charge is -2.44. The number of imide groups is 1. The molecule has 0 aromatic heterocycles. The van der Waals surface area contributed by atoms with E-state index in [4.69, 9.17) is 0 Å². The summed E-state index contributed by atoms with van der Waals surface area (Å²) in [5.41, 5.74) is 3.17. The molecule has 0 bridgehead atoms. The topological polar surface area (TPSA) is 85.0 Å². The van der Waals surface area contributed by atoms with E-state index >= 15 is 0 Å². The summed E-state index contributed by atoms with van der Waals surface area (Å²) >= 11 is 0. The van der Waals surface area contributed by atoms with Crippen LogP contribution in [0.4, 0.5) is 5.69 Å². The quantitative estimate of drug-likeness (QED) is 0.680. The molecular formula is C24H33N5O3. The van der Waals surface area contributed by atoms with Crippen molar-refractivity contribution in [3.05, 3.63) is 29.3 Å². The third-order valence-electron chi connectivity index (χ3n) is 7.66. The van der Waals surface area contributed by atoms with E-state index in [9.17, 15) is 14.4 Å². The number of nitrogens with one attached hydrogen (secondary N) is 2. The van der Waals surface area contributed by atoms with Gasteiger partial charge < -0.3 is 20.0 Å². The Labute approximate surface area is 189 Å². The summed E-state index contributed by atoms with van der Waals surface area (Å²) in [7, 11) is 0. The molecule has 4 heterocycles.